The van der Waals surface area contributed by atoms with Gasteiger partial charge >= 0.3 is 0 Å². The molecule has 2 rings (SSSR count). The molecule has 0 saturated heterocycles. The van der Waals surface area contributed by atoms with Crippen LogP contribution in [0.25, 0.3) is 10.7 Å². The molecule has 0 unspecified atom stereocenters. The van der Waals surface area contributed by atoms with Gasteiger partial charge < -0.3 is 0 Å². The minimum Gasteiger partial charge on any atom is -0.220 e. The molecule has 1 aromatic heterocycles. The molecule has 0 N–H and O–H groups in total. The van der Waals surface area contributed by atoms with Gasteiger partial charge in [0.1, 0.15) is 15.2 Å². The minimum atomic E-state index is -0.118. The lowest BCUT2D eigenvalue weighted by Gasteiger charge is -2.01. The Bertz CT molecular complexity index is 599. The first-order chi connectivity index (χ1) is 8.52. The molecule has 0 atom stereocenters. The van der Waals surface area contributed by atoms with Crippen molar-refractivity contribution in [3.8, 4) is 5.69 Å². The Balaban J connectivity index is 2.60. The van der Waals surface area contributed by atoms with Gasteiger partial charge in [-0.3, -0.25) is 0 Å². The van der Waals surface area contributed by atoms with E-state index in [0.717, 1.165) is 5.69 Å². The highest BCUT2D eigenvalue weighted by atomic mass is 35.5. The molecule has 0 spiro atoms. The smallest absolute Gasteiger partial charge is 0.152 e. The van der Waals surface area contributed by atoms with Crippen molar-refractivity contribution in [2.75, 3.05) is 0 Å². The highest BCUT2D eigenvalue weighted by Gasteiger charge is 2.19. The van der Waals surface area contributed by atoms with Crippen LogP contribution in [0.5, 0.6) is 0 Å². The lowest BCUT2D eigenvalue weighted by Crippen LogP contribution is -1.96. The zero-order chi connectivity index (χ0) is 13.3. The third-order valence-corrected chi connectivity index (χ3v) is 3.89. The molecule has 0 radical (unpaired) electrons. The van der Waals surface area contributed by atoms with E-state index in [1.54, 1.807) is 0 Å². The van der Waals surface area contributed by atoms with Gasteiger partial charge in [0, 0.05) is 0 Å². The molecule has 0 amide bonds. The molecule has 7 heteroatoms. The molecule has 0 fully saturated rings. The standard InChI is InChI=1S/C11H5Cl5N2/c12-7(10(14)15)9-8(13)11(16)18(17-9)6-4-2-1-3-5-6/h1-5H. The maximum atomic E-state index is 6.10. The Morgan fingerprint density at radius 1 is 1.00 bits per heavy atom. The van der Waals surface area contributed by atoms with Crippen LogP contribution >= 0.6 is 58.0 Å². The molecule has 0 aliphatic heterocycles. The summed E-state index contributed by atoms with van der Waals surface area (Å²) in [6.07, 6.45) is 0. The topological polar surface area (TPSA) is 17.8 Å². The fourth-order valence-electron chi connectivity index (χ4n) is 1.35. The summed E-state index contributed by atoms with van der Waals surface area (Å²) < 4.78 is 1.34. The Hall–Kier alpha value is -0.380. The summed E-state index contributed by atoms with van der Waals surface area (Å²) in [4.78, 5) is 0. The Morgan fingerprint density at radius 2 is 1.61 bits per heavy atom. The summed E-state index contributed by atoms with van der Waals surface area (Å²) in [6, 6.07) is 9.25. The fraction of sp³-hybridized carbons (Fsp3) is 0. The Morgan fingerprint density at radius 3 is 2.17 bits per heavy atom. The van der Waals surface area contributed by atoms with Gasteiger partial charge in [0.15, 0.2) is 5.15 Å². The van der Waals surface area contributed by atoms with Crippen LogP contribution in [0, 0.1) is 0 Å². The summed E-state index contributed by atoms with van der Waals surface area (Å²) >= 11 is 29.3. The Kier molecular flexibility index (Phi) is 4.46. The lowest BCUT2D eigenvalue weighted by atomic mass is 10.3. The normalized spacial score (nSPS) is 10.5. The molecule has 1 heterocycles. The first-order valence-corrected chi connectivity index (χ1v) is 6.62. The van der Waals surface area contributed by atoms with Gasteiger partial charge in [0.05, 0.1) is 10.7 Å². The second kappa shape index (κ2) is 5.72. The van der Waals surface area contributed by atoms with Crippen LogP contribution in [0.15, 0.2) is 34.8 Å². The number of para-hydroxylation sites is 1. The van der Waals surface area contributed by atoms with E-state index in [9.17, 15) is 0 Å². The second-order valence-corrected chi connectivity index (χ2v) is 5.34. The van der Waals surface area contributed by atoms with Gasteiger partial charge in [-0.25, -0.2) is 4.68 Å². The highest BCUT2D eigenvalue weighted by Crippen LogP contribution is 2.36. The summed E-state index contributed by atoms with van der Waals surface area (Å²) in [5.41, 5.74) is 0.998. The highest BCUT2D eigenvalue weighted by molar-refractivity contribution is 6.67. The van der Waals surface area contributed by atoms with Gasteiger partial charge in [0.2, 0.25) is 0 Å². The SMILES string of the molecule is ClC(Cl)=C(Cl)c1nn(-c2ccccc2)c(Cl)c1Cl. The molecule has 1 aromatic carbocycles. The largest absolute Gasteiger partial charge is 0.220 e. The van der Waals surface area contributed by atoms with Crippen LogP contribution in [-0.2, 0) is 0 Å². The molecule has 0 saturated carbocycles. The average molecular weight is 342 g/mol. The van der Waals surface area contributed by atoms with Crippen molar-refractivity contribution in [2.45, 2.75) is 0 Å². The number of hydrogen-bond acceptors (Lipinski definition) is 1. The van der Waals surface area contributed by atoms with Crippen LogP contribution in [0.4, 0.5) is 0 Å². The first-order valence-electron chi connectivity index (χ1n) is 4.73. The van der Waals surface area contributed by atoms with Gasteiger partial charge in [-0.05, 0) is 12.1 Å². The fourth-order valence-corrected chi connectivity index (χ4v) is 2.15. The molecule has 0 aliphatic carbocycles. The van der Waals surface area contributed by atoms with E-state index < -0.39 is 0 Å². The van der Waals surface area contributed by atoms with Crippen LogP contribution in [0.1, 0.15) is 5.69 Å². The van der Waals surface area contributed by atoms with E-state index in [1.165, 1.54) is 4.68 Å². The summed E-state index contributed by atoms with van der Waals surface area (Å²) in [7, 11) is 0. The van der Waals surface area contributed by atoms with Gasteiger partial charge in [-0.2, -0.15) is 5.10 Å². The molecule has 0 bridgehead atoms. The summed E-state index contributed by atoms with van der Waals surface area (Å²) in [5, 5.41) is 4.69. The van der Waals surface area contributed by atoms with E-state index in [0.29, 0.717) is 0 Å². The van der Waals surface area contributed by atoms with Crippen molar-refractivity contribution in [3.05, 3.63) is 50.7 Å². The number of rotatable bonds is 2. The number of halogens is 5. The van der Waals surface area contributed by atoms with E-state index in [1.807, 2.05) is 30.3 Å². The number of hydrogen-bond donors (Lipinski definition) is 0. The molecule has 18 heavy (non-hydrogen) atoms. The van der Waals surface area contributed by atoms with Gasteiger partial charge in [0.25, 0.3) is 0 Å². The van der Waals surface area contributed by atoms with Crippen LogP contribution in [0.3, 0.4) is 0 Å². The zero-order valence-electron chi connectivity index (χ0n) is 8.67. The maximum Gasteiger partial charge on any atom is 0.152 e. The predicted octanol–water partition coefficient (Wildman–Crippen LogP) is 5.52. The summed E-state index contributed by atoms with van der Waals surface area (Å²) in [6.45, 7) is 0. The van der Waals surface area contributed by atoms with Crippen LogP contribution < -0.4 is 0 Å². The molecule has 94 valence electrons. The maximum absolute atomic E-state index is 6.10. The molecule has 2 nitrogen and oxygen atoms in total. The van der Waals surface area contributed by atoms with E-state index in [-0.39, 0.29) is 25.4 Å². The predicted molar refractivity (Wildman–Crippen MR) is 78.1 cm³/mol. The number of nitrogens with zero attached hydrogens (tertiary/aromatic N) is 2. The van der Waals surface area contributed by atoms with Crippen molar-refractivity contribution in [1.82, 2.24) is 9.78 Å². The molecule has 0 aliphatic rings. The average Bonchev–Trinajstić information content (AvgIpc) is 2.67. The quantitative estimate of drug-likeness (QED) is 0.702. The van der Waals surface area contributed by atoms with E-state index in [4.69, 9.17) is 58.0 Å². The van der Waals surface area contributed by atoms with Crippen molar-refractivity contribution >= 4 is 63.0 Å². The van der Waals surface area contributed by atoms with Crippen molar-refractivity contribution < 1.29 is 0 Å². The van der Waals surface area contributed by atoms with E-state index in [2.05, 4.69) is 5.10 Å². The van der Waals surface area contributed by atoms with Crippen molar-refractivity contribution in [2.24, 2.45) is 0 Å². The number of aromatic nitrogens is 2. The van der Waals surface area contributed by atoms with Crippen LogP contribution in [0.2, 0.25) is 10.2 Å². The molecule has 2 aromatic rings. The zero-order valence-corrected chi connectivity index (χ0v) is 12.5. The molecular weight excluding hydrogens is 337 g/mol. The molecular formula is C11H5Cl5N2. The van der Waals surface area contributed by atoms with Gasteiger partial charge in [-0.1, -0.05) is 76.2 Å². The van der Waals surface area contributed by atoms with Crippen LogP contribution in [-0.4, -0.2) is 9.78 Å². The lowest BCUT2D eigenvalue weighted by molar-refractivity contribution is 0.876. The second-order valence-electron chi connectivity index (χ2n) is 3.28. The van der Waals surface area contributed by atoms with Crippen molar-refractivity contribution in [1.29, 1.82) is 0 Å². The number of benzene rings is 1. The third kappa shape index (κ3) is 2.63. The van der Waals surface area contributed by atoms with Crippen molar-refractivity contribution in [3.63, 3.8) is 0 Å². The van der Waals surface area contributed by atoms with Gasteiger partial charge in [-0.15, -0.1) is 0 Å². The monoisotopic (exact) mass is 340 g/mol. The summed E-state index contributed by atoms with van der Waals surface area (Å²) in [5.74, 6) is 0. The third-order valence-electron chi connectivity index (χ3n) is 2.15. The first kappa shape index (κ1) is 14.0. The Labute approximate surface area is 129 Å². The minimum absolute atomic E-state index is 0.0555. The van der Waals surface area contributed by atoms with E-state index >= 15 is 0 Å².